The van der Waals surface area contributed by atoms with Gasteiger partial charge >= 0.3 is 5.97 Å². The molecule has 11 heteroatoms. The van der Waals surface area contributed by atoms with E-state index in [0.29, 0.717) is 22.5 Å². The summed E-state index contributed by atoms with van der Waals surface area (Å²) < 4.78 is 14.4. The number of carboxylic acids is 1. The predicted octanol–water partition coefficient (Wildman–Crippen LogP) is 7.39. The van der Waals surface area contributed by atoms with Gasteiger partial charge in [-0.05, 0) is 89.0 Å². The number of benzene rings is 2. The first kappa shape index (κ1) is 31.2. The summed E-state index contributed by atoms with van der Waals surface area (Å²) in [6.45, 7) is 11.3. The van der Waals surface area contributed by atoms with Crippen molar-refractivity contribution < 1.29 is 19.4 Å². The lowest BCUT2D eigenvalue weighted by Crippen LogP contribution is -2.51. The summed E-state index contributed by atoms with van der Waals surface area (Å²) >= 11 is 7.81. The first-order valence-electron chi connectivity index (χ1n) is 15.7. The van der Waals surface area contributed by atoms with Gasteiger partial charge in [0.1, 0.15) is 5.01 Å². The van der Waals surface area contributed by atoms with Gasteiger partial charge in [-0.3, -0.25) is 9.58 Å². The van der Waals surface area contributed by atoms with Crippen LogP contribution in [0.2, 0.25) is 5.02 Å². The highest BCUT2D eigenvalue weighted by atomic mass is 35.5. The Labute approximate surface area is 277 Å². The summed E-state index contributed by atoms with van der Waals surface area (Å²) in [5, 5.41) is 17.8. The zero-order chi connectivity index (χ0) is 32.3. The zero-order valence-corrected chi connectivity index (χ0v) is 28.3. The van der Waals surface area contributed by atoms with Crippen LogP contribution in [0.5, 0.6) is 0 Å². The number of nitrogens with zero attached hydrogens (tertiary/aromatic N) is 5. The number of carbonyl (C=O) groups is 1. The van der Waals surface area contributed by atoms with Gasteiger partial charge in [0.2, 0.25) is 0 Å². The van der Waals surface area contributed by atoms with E-state index in [1.807, 2.05) is 76.0 Å². The monoisotopic (exact) mass is 659 g/mol. The van der Waals surface area contributed by atoms with E-state index in [9.17, 15) is 9.90 Å². The van der Waals surface area contributed by atoms with E-state index < -0.39 is 17.7 Å². The van der Waals surface area contributed by atoms with E-state index >= 15 is 0 Å². The molecule has 0 saturated carbocycles. The molecule has 5 aromatic rings. The van der Waals surface area contributed by atoms with Crippen LogP contribution in [0.3, 0.4) is 0 Å². The van der Waals surface area contributed by atoms with Gasteiger partial charge in [0, 0.05) is 46.3 Å². The molecule has 0 unspecified atom stereocenters. The van der Waals surface area contributed by atoms with Crippen LogP contribution in [-0.4, -0.2) is 73.7 Å². The summed E-state index contributed by atoms with van der Waals surface area (Å²) in [6, 6.07) is 12.2. The molecule has 0 bridgehead atoms. The van der Waals surface area contributed by atoms with E-state index in [4.69, 9.17) is 36.1 Å². The highest BCUT2D eigenvalue weighted by Crippen LogP contribution is 2.45. The fourth-order valence-corrected chi connectivity index (χ4v) is 7.95. The Balaban J connectivity index is 1.33. The van der Waals surface area contributed by atoms with Gasteiger partial charge in [-0.25, -0.2) is 14.8 Å². The van der Waals surface area contributed by atoms with E-state index in [2.05, 4.69) is 11.0 Å². The Morgan fingerprint density at radius 2 is 1.85 bits per heavy atom. The number of hydrogen-bond acceptors (Lipinski definition) is 8. The third-order valence-electron chi connectivity index (χ3n) is 9.03. The summed E-state index contributed by atoms with van der Waals surface area (Å²) in [6.07, 6.45) is 2.81. The molecule has 0 aliphatic carbocycles. The van der Waals surface area contributed by atoms with Gasteiger partial charge in [-0.15, -0.1) is 11.3 Å². The number of thiazole rings is 1. The largest absolute Gasteiger partial charge is 0.479 e. The maximum atomic E-state index is 12.7. The lowest BCUT2D eigenvalue weighted by Gasteiger charge is -2.41. The number of likely N-dealkylation sites (tertiary alicyclic amines) is 1. The van der Waals surface area contributed by atoms with Gasteiger partial charge in [0.05, 0.1) is 40.8 Å². The highest BCUT2D eigenvalue weighted by Gasteiger charge is 2.34. The first-order valence-corrected chi connectivity index (χ1v) is 16.9. The van der Waals surface area contributed by atoms with Crippen molar-refractivity contribution in [2.24, 2.45) is 7.05 Å². The number of hydrogen-bond donors (Lipinski definition) is 1. The normalized spacial score (nSPS) is 17.5. The average molecular weight is 660 g/mol. The molecule has 0 radical (unpaired) electrons. The van der Waals surface area contributed by atoms with Crippen molar-refractivity contribution in [1.82, 2.24) is 24.6 Å². The minimum absolute atomic E-state index is 0.367. The van der Waals surface area contributed by atoms with Gasteiger partial charge in [-0.1, -0.05) is 23.7 Å². The van der Waals surface area contributed by atoms with Crippen LogP contribution >= 0.6 is 22.9 Å². The predicted molar refractivity (Wildman–Crippen MR) is 182 cm³/mol. The molecule has 7 rings (SSSR count). The number of rotatable bonds is 7. The number of carboxylic acid groups (broad SMARTS) is 1. The van der Waals surface area contributed by atoms with Gasteiger partial charge in [0.15, 0.2) is 11.8 Å². The van der Waals surface area contributed by atoms with Crippen LogP contribution in [0, 0.1) is 6.92 Å². The fraction of sp³-hybridized carbons (Fsp3) is 0.429. The Hall–Kier alpha value is -3.41. The summed E-state index contributed by atoms with van der Waals surface area (Å²) in [4.78, 5) is 25.2. The van der Waals surface area contributed by atoms with Crippen LogP contribution in [0.15, 0.2) is 42.6 Å². The molecule has 2 aliphatic rings. The Kier molecular flexibility index (Phi) is 8.13. The Bertz CT molecular complexity index is 1940. The molecule has 2 saturated heterocycles. The molecule has 9 nitrogen and oxygen atoms in total. The molecule has 0 spiro atoms. The van der Waals surface area contributed by atoms with Crippen molar-refractivity contribution in [3.05, 3.63) is 64.4 Å². The number of aliphatic carboxylic acids is 1. The number of ether oxygens (including phenoxy) is 2. The third-order valence-corrected chi connectivity index (χ3v) is 10.4. The van der Waals surface area contributed by atoms with Crippen LogP contribution in [0.1, 0.15) is 62.5 Å². The molecule has 1 N–H and O–H groups in total. The van der Waals surface area contributed by atoms with Crippen LogP contribution in [0.25, 0.3) is 42.9 Å². The summed E-state index contributed by atoms with van der Waals surface area (Å²) in [5.41, 5.74) is 6.06. The smallest absolute Gasteiger partial charge is 0.337 e. The van der Waals surface area contributed by atoms with E-state index in [-0.39, 0.29) is 0 Å². The van der Waals surface area contributed by atoms with Crippen molar-refractivity contribution in [1.29, 1.82) is 0 Å². The van der Waals surface area contributed by atoms with E-state index in [1.54, 1.807) is 0 Å². The van der Waals surface area contributed by atoms with E-state index in [1.165, 1.54) is 11.3 Å². The van der Waals surface area contributed by atoms with Crippen LogP contribution in [-0.2, 0) is 21.3 Å². The van der Waals surface area contributed by atoms with Crippen LogP contribution < -0.4 is 0 Å². The second-order valence-electron chi connectivity index (χ2n) is 13.4. The molecular formula is C35H38ClN5O4S. The van der Waals surface area contributed by atoms with Gasteiger partial charge in [0.25, 0.3) is 0 Å². The summed E-state index contributed by atoms with van der Waals surface area (Å²) in [5.74, 6) is -0.672. The van der Waals surface area contributed by atoms with Crippen molar-refractivity contribution >= 4 is 50.2 Å². The van der Waals surface area contributed by atoms with Crippen LogP contribution in [0.4, 0.5) is 0 Å². The summed E-state index contributed by atoms with van der Waals surface area (Å²) in [7, 11) is 1.96. The second-order valence-corrected chi connectivity index (χ2v) is 14.8. The molecule has 240 valence electrons. The molecule has 2 fully saturated rings. The molecule has 0 amide bonds. The molecule has 3 aromatic heterocycles. The van der Waals surface area contributed by atoms with E-state index in [0.717, 1.165) is 93.4 Å². The fourth-order valence-electron chi connectivity index (χ4n) is 6.72. The van der Waals surface area contributed by atoms with Crippen molar-refractivity contribution in [3.8, 4) is 21.7 Å². The van der Waals surface area contributed by atoms with Crippen molar-refractivity contribution in [2.75, 3.05) is 26.3 Å². The Morgan fingerprint density at radius 1 is 1.13 bits per heavy atom. The quantitative estimate of drug-likeness (QED) is 0.193. The molecular weight excluding hydrogens is 622 g/mol. The maximum Gasteiger partial charge on any atom is 0.337 e. The lowest BCUT2D eigenvalue weighted by molar-refractivity contribution is -0.160. The minimum Gasteiger partial charge on any atom is -0.479 e. The second kappa shape index (κ2) is 12.0. The molecule has 2 aliphatic heterocycles. The molecule has 1 atom stereocenters. The molecule has 5 heterocycles. The SMILES string of the molecule is Cc1cc2nc(-c3cnc4c(c3)c(C3CCN(C5COC5)CC3)nn4C)sc2c(-c2ccc(Cl)cc2)c1[C@H](OC(C)(C)C)C(=O)O. The lowest BCUT2D eigenvalue weighted by atomic mass is 9.91. The molecule has 2 aromatic carbocycles. The highest BCUT2D eigenvalue weighted by molar-refractivity contribution is 7.22. The standard InChI is InChI=1S/C35H38ClN5O4S/c1-19-14-26-31(28(20-6-8-23(36)9-7-20)27(19)30(34(42)43)45-35(2,3)4)46-33(38-26)22-15-25-29(39-40(5)32(25)37-16-22)21-10-12-41(13-11-21)24-17-44-18-24/h6-9,14-16,21,24,30H,10-13,17-18H2,1-5H3,(H,42,43)/t30-/m0/s1. The average Bonchev–Trinajstić information content (AvgIpc) is 3.55. The van der Waals surface area contributed by atoms with Gasteiger partial charge in [-0.2, -0.15) is 5.10 Å². The number of fused-ring (bicyclic) bond motifs is 2. The number of halogens is 1. The van der Waals surface area contributed by atoms with Crippen molar-refractivity contribution in [2.45, 2.75) is 64.2 Å². The Morgan fingerprint density at radius 3 is 2.48 bits per heavy atom. The topological polar surface area (TPSA) is 103 Å². The number of aromatic nitrogens is 4. The number of aryl methyl sites for hydroxylation is 2. The number of pyridine rings is 1. The zero-order valence-electron chi connectivity index (χ0n) is 26.7. The maximum absolute atomic E-state index is 12.7. The third kappa shape index (κ3) is 5.82. The minimum atomic E-state index is -1.17. The molecule has 46 heavy (non-hydrogen) atoms. The first-order chi connectivity index (χ1) is 22.0. The number of piperidine rings is 1. The van der Waals surface area contributed by atoms with Crippen molar-refractivity contribution in [3.63, 3.8) is 0 Å². The van der Waals surface area contributed by atoms with Gasteiger partial charge < -0.3 is 14.6 Å².